The van der Waals surface area contributed by atoms with Gasteiger partial charge in [-0.3, -0.25) is 4.79 Å². The zero-order valence-corrected chi connectivity index (χ0v) is 9.26. The fourth-order valence-electron chi connectivity index (χ4n) is 2.02. The van der Waals surface area contributed by atoms with E-state index in [0.29, 0.717) is 5.95 Å². The van der Waals surface area contributed by atoms with Crippen molar-refractivity contribution in [1.82, 2.24) is 9.97 Å². The molecular weight excluding hydrogens is 206 g/mol. The second-order valence-electron chi connectivity index (χ2n) is 4.20. The van der Waals surface area contributed by atoms with E-state index < -0.39 is 5.97 Å². The van der Waals surface area contributed by atoms with Crippen LogP contribution in [0, 0.1) is 12.8 Å². The van der Waals surface area contributed by atoms with Crippen LogP contribution in [0.3, 0.4) is 0 Å². The van der Waals surface area contributed by atoms with Crippen molar-refractivity contribution < 1.29 is 9.90 Å². The quantitative estimate of drug-likeness (QED) is 0.827. The van der Waals surface area contributed by atoms with E-state index in [4.69, 9.17) is 5.11 Å². The first-order valence-electron chi connectivity index (χ1n) is 5.41. The Labute approximate surface area is 94.1 Å². The number of aromatic nitrogens is 2. The lowest BCUT2D eigenvalue weighted by Crippen LogP contribution is -2.22. The maximum atomic E-state index is 10.6. The summed E-state index contributed by atoms with van der Waals surface area (Å²) in [4.78, 5) is 21.2. The number of nitrogens with zero attached hydrogens (tertiary/aromatic N) is 3. The van der Waals surface area contributed by atoms with E-state index >= 15 is 0 Å². The molecule has 0 bridgehead atoms. The van der Waals surface area contributed by atoms with E-state index in [2.05, 4.69) is 14.9 Å². The van der Waals surface area contributed by atoms with E-state index in [1.807, 2.05) is 13.0 Å². The molecule has 1 unspecified atom stereocenters. The van der Waals surface area contributed by atoms with Gasteiger partial charge in [0, 0.05) is 31.4 Å². The van der Waals surface area contributed by atoms with Crippen LogP contribution in [0.2, 0.25) is 0 Å². The number of carboxylic acids is 1. The number of aryl methyl sites for hydroxylation is 1. The third-order valence-corrected chi connectivity index (χ3v) is 2.81. The predicted octanol–water partition coefficient (Wildman–Crippen LogP) is 1.09. The van der Waals surface area contributed by atoms with Crippen LogP contribution in [0.25, 0.3) is 0 Å². The van der Waals surface area contributed by atoms with Crippen LogP contribution in [0.5, 0.6) is 0 Å². The van der Waals surface area contributed by atoms with E-state index in [1.54, 1.807) is 6.20 Å². The number of hydrogen-bond donors (Lipinski definition) is 1. The predicted molar refractivity (Wildman–Crippen MR) is 59.3 cm³/mol. The summed E-state index contributed by atoms with van der Waals surface area (Å²) in [7, 11) is 0. The Morgan fingerprint density at radius 3 is 3.19 bits per heavy atom. The SMILES string of the molecule is Cc1ccnc(N2CCC(CC(=O)O)C2)n1. The third-order valence-electron chi connectivity index (χ3n) is 2.81. The van der Waals surface area contributed by atoms with Crippen molar-refractivity contribution in [2.24, 2.45) is 5.92 Å². The van der Waals surface area contributed by atoms with Gasteiger partial charge in [0.05, 0.1) is 0 Å². The Balaban J connectivity index is 2.00. The topological polar surface area (TPSA) is 66.3 Å². The van der Waals surface area contributed by atoms with Gasteiger partial charge < -0.3 is 10.0 Å². The monoisotopic (exact) mass is 221 g/mol. The molecule has 1 atom stereocenters. The molecule has 1 N–H and O–H groups in total. The Hall–Kier alpha value is -1.65. The van der Waals surface area contributed by atoms with Gasteiger partial charge in [-0.25, -0.2) is 9.97 Å². The molecule has 86 valence electrons. The zero-order chi connectivity index (χ0) is 11.5. The molecular formula is C11H15N3O2. The van der Waals surface area contributed by atoms with Crippen LogP contribution in [-0.2, 0) is 4.79 Å². The molecule has 1 aromatic rings. The minimum atomic E-state index is -0.725. The summed E-state index contributed by atoms with van der Waals surface area (Å²) in [6.45, 7) is 3.52. The van der Waals surface area contributed by atoms with Gasteiger partial charge in [-0.1, -0.05) is 0 Å². The fourth-order valence-corrected chi connectivity index (χ4v) is 2.02. The van der Waals surface area contributed by atoms with Gasteiger partial charge in [-0.2, -0.15) is 0 Å². The van der Waals surface area contributed by atoms with E-state index in [9.17, 15) is 4.79 Å². The molecule has 2 rings (SSSR count). The third kappa shape index (κ3) is 2.48. The van der Waals surface area contributed by atoms with Crippen molar-refractivity contribution in [1.29, 1.82) is 0 Å². The van der Waals surface area contributed by atoms with Gasteiger partial charge in [0.2, 0.25) is 5.95 Å². The van der Waals surface area contributed by atoms with Crippen molar-refractivity contribution in [3.05, 3.63) is 18.0 Å². The normalized spacial score (nSPS) is 20.1. The number of anilines is 1. The Morgan fingerprint density at radius 2 is 2.50 bits per heavy atom. The molecule has 1 aromatic heterocycles. The van der Waals surface area contributed by atoms with Crippen LogP contribution >= 0.6 is 0 Å². The van der Waals surface area contributed by atoms with Crippen LogP contribution < -0.4 is 4.90 Å². The van der Waals surface area contributed by atoms with Crippen LogP contribution in [0.4, 0.5) is 5.95 Å². The fraction of sp³-hybridized carbons (Fsp3) is 0.545. The first-order valence-corrected chi connectivity index (χ1v) is 5.41. The summed E-state index contributed by atoms with van der Waals surface area (Å²) in [5.41, 5.74) is 0.937. The molecule has 1 fully saturated rings. The Bertz CT molecular complexity index is 395. The highest BCUT2D eigenvalue weighted by Crippen LogP contribution is 2.22. The van der Waals surface area contributed by atoms with Gasteiger partial charge in [0.15, 0.2) is 0 Å². The maximum Gasteiger partial charge on any atom is 0.303 e. The van der Waals surface area contributed by atoms with E-state index in [1.165, 1.54) is 0 Å². The van der Waals surface area contributed by atoms with Gasteiger partial charge in [-0.05, 0) is 25.3 Å². The molecule has 0 aliphatic carbocycles. The zero-order valence-electron chi connectivity index (χ0n) is 9.26. The molecule has 5 nitrogen and oxygen atoms in total. The van der Waals surface area contributed by atoms with Gasteiger partial charge >= 0.3 is 5.97 Å². The molecule has 0 aromatic carbocycles. The highest BCUT2D eigenvalue weighted by molar-refractivity contribution is 5.67. The highest BCUT2D eigenvalue weighted by atomic mass is 16.4. The van der Waals surface area contributed by atoms with Crippen molar-refractivity contribution in [3.63, 3.8) is 0 Å². The molecule has 0 spiro atoms. The summed E-state index contributed by atoms with van der Waals surface area (Å²) in [6.07, 6.45) is 2.88. The molecule has 0 amide bonds. The van der Waals surface area contributed by atoms with Crippen LogP contribution in [0.1, 0.15) is 18.5 Å². The second kappa shape index (κ2) is 4.47. The second-order valence-corrected chi connectivity index (χ2v) is 4.20. The number of carboxylic acid groups (broad SMARTS) is 1. The number of hydrogen-bond acceptors (Lipinski definition) is 4. The molecule has 0 saturated carbocycles. The summed E-state index contributed by atoms with van der Waals surface area (Å²) < 4.78 is 0. The van der Waals surface area contributed by atoms with Crippen molar-refractivity contribution in [2.45, 2.75) is 19.8 Å². The molecule has 1 saturated heterocycles. The lowest BCUT2D eigenvalue weighted by molar-refractivity contribution is -0.137. The van der Waals surface area contributed by atoms with E-state index in [0.717, 1.165) is 25.2 Å². The first kappa shape index (κ1) is 10.9. The molecule has 2 heterocycles. The maximum absolute atomic E-state index is 10.6. The van der Waals surface area contributed by atoms with Crippen molar-refractivity contribution in [3.8, 4) is 0 Å². The van der Waals surface area contributed by atoms with Gasteiger partial charge in [-0.15, -0.1) is 0 Å². The Morgan fingerprint density at radius 1 is 1.69 bits per heavy atom. The Kier molecular flexibility index (Phi) is 3.03. The van der Waals surface area contributed by atoms with Crippen LogP contribution in [0.15, 0.2) is 12.3 Å². The summed E-state index contributed by atoms with van der Waals surface area (Å²) >= 11 is 0. The minimum Gasteiger partial charge on any atom is -0.481 e. The standard InChI is InChI=1S/C11H15N3O2/c1-8-2-4-12-11(13-8)14-5-3-9(7-14)6-10(15)16/h2,4,9H,3,5-7H2,1H3,(H,15,16). The highest BCUT2D eigenvalue weighted by Gasteiger charge is 2.25. The first-order chi connectivity index (χ1) is 7.65. The molecule has 1 aliphatic rings. The number of aliphatic carboxylic acids is 1. The average Bonchev–Trinajstić information content (AvgIpc) is 2.65. The lowest BCUT2D eigenvalue weighted by Gasteiger charge is -2.15. The largest absolute Gasteiger partial charge is 0.481 e. The van der Waals surface area contributed by atoms with E-state index in [-0.39, 0.29) is 12.3 Å². The number of rotatable bonds is 3. The molecule has 16 heavy (non-hydrogen) atoms. The molecule has 5 heteroatoms. The van der Waals surface area contributed by atoms with Gasteiger partial charge in [0.1, 0.15) is 0 Å². The number of carbonyl (C=O) groups is 1. The molecule has 1 aliphatic heterocycles. The van der Waals surface area contributed by atoms with Crippen LogP contribution in [-0.4, -0.2) is 34.1 Å². The average molecular weight is 221 g/mol. The minimum absolute atomic E-state index is 0.224. The summed E-state index contributed by atoms with van der Waals surface area (Å²) in [6, 6.07) is 1.86. The summed E-state index contributed by atoms with van der Waals surface area (Å²) in [5.74, 6) is 0.214. The van der Waals surface area contributed by atoms with Crippen molar-refractivity contribution >= 4 is 11.9 Å². The van der Waals surface area contributed by atoms with Gasteiger partial charge in [0.25, 0.3) is 0 Å². The summed E-state index contributed by atoms with van der Waals surface area (Å²) in [5, 5.41) is 8.73. The smallest absolute Gasteiger partial charge is 0.303 e. The van der Waals surface area contributed by atoms with Crippen molar-refractivity contribution in [2.75, 3.05) is 18.0 Å². The lowest BCUT2D eigenvalue weighted by atomic mass is 10.1. The molecule has 0 radical (unpaired) electrons.